The van der Waals surface area contributed by atoms with Gasteiger partial charge in [-0.2, -0.15) is 4.98 Å². The van der Waals surface area contributed by atoms with E-state index in [0.29, 0.717) is 5.75 Å². The minimum Gasteiger partial charge on any atom is -0.444 e. The fourth-order valence-corrected chi connectivity index (χ4v) is 2.73. The van der Waals surface area contributed by atoms with E-state index in [-0.39, 0.29) is 17.9 Å². The van der Waals surface area contributed by atoms with Crippen LogP contribution in [0, 0.1) is 0 Å². The molecule has 1 fully saturated rings. The van der Waals surface area contributed by atoms with Gasteiger partial charge >= 0.3 is 11.8 Å². The van der Waals surface area contributed by atoms with Crippen LogP contribution in [-0.4, -0.2) is 44.1 Å². The van der Waals surface area contributed by atoms with E-state index in [9.17, 15) is 9.59 Å². The van der Waals surface area contributed by atoms with Crippen molar-refractivity contribution >= 4 is 23.7 Å². The molecule has 0 bridgehead atoms. The Kier molecular flexibility index (Phi) is 5.09. The molecule has 0 radical (unpaired) electrons. The average molecular weight is 329 g/mol. The molecule has 0 aromatic carbocycles. The maximum Gasteiger partial charge on any atom is 0.413 e. The first-order chi connectivity index (χ1) is 10.3. The van der Waals surface area contributed by atoms with Gasteiger partial charge < -0.3 is 14.6 Å². The number of nitrogens with zero attached hydrogens (tertiary/aromatic N) is 2. The topological polar surface area (TPSA) is 103 Å². The minimum absolute atomic E-state index is 0.109. The second kappa shape index (κ2) is 6.67. The molecule has 2 heterocycles. The molecular weight excluding hydrogens is 310 g/mol. The third-order valence-corrected chi connectivity index (χ3v) is 3.76. The van der Waals surface area contributed by atoms with Gasteiger partial charge in [0.2, 0.25) is 0 Å². The highest BCUT2D eigenvalue weighted by Gasteiger charge is 2.27. The number of aliphatic hydroxyl groups excluding tert-OH is 1. The molecule has 2 rings (SSSR count). The van der Waals surface area contributed by atoms with Crippen molar-refractivity contribution < 1.29 is 19.4 Å². The molecule has 2 atom stereocenters. The Hall–Kier alpha value is -1.58. The predicted molar refractivity (Wildman–Crippen MR) is 81.8 cm³/mol. The van der Waals surface area contributed by atoms with Crippen LogP contribution in [0.2, 0.25) is 0 Å². The van der Waals surface area contributed by atoms with E-state index in [4.69, 9.17) is 14.6 Å². The lowest BCUT2D eigenvalue weighted by Crippen LogP contribution is -2.31. The van der Waals surface area contributed by atoms with Crippen LogP contribution in [0.25, 0.3) is 0 Å². The quantitative estimate of drug-likeness (QED) is 0.858. The van der Waals surface area contributed by atoms with E-state index in [2.05, 4.69) is 10.3 Å². The summed E-state index contributed by atoms with van der Waals surface area (Å²) < 4.78 is 11.9. The number of nitrogens with one attached hydrogen (secondary N) is 1. The van der Waals surface area contributed by atoms with Gasteiger partial charge in [-0.1, -0.05) is 0 Å². The number of carbonyl (C=O) groups excluding carboxylic acids is 1. The summed E-state index contributed by atoms with van der Waals surface area (Å²) in [5, 5.41) is 11.4. The predicted octanol–water partition coefficient (Wildman–Crippen LogP) is 1.17. The average Bonchev–Trinajstić information content (AvgIpc) is 2.85. The zero-order valence-corrected chi connectivity index (χ0v) is 13.4. The van der Waals surface area contributed by atoms with Gasteiger partial charge in [-0.25, -0.2) is 9.59 Å². The summed E-state index contributed by atoms with van der Waals surface area (Å²) in [5.41, 5.74) is -1.51. The van der Waals surface area contributed by atoms with Crippen LogP contribution < -0.4 is 11.0 Å². The maximum absolute atomic E-state index is 12.0. The van der Waals surface area contributed by atoms with Crippen LogP contribution >= 0.6 is 11.8 Å². The summed E-state index contributed by atoms with van der Waals surface area (Å²) >= 11 is 1.43. The number of aliphatic hydroxyl groups is 1. The maximum atomic E-state index is 12.0. The highest BCUT2D eigenvalue weighted by molar-refractivity contribution is 8.00. The summed E-state index contributed by atoms with van der Waals surface area (Å²) in [6.45, 7) is 5.11. The Morgan fingerprint density at radius 1 is 1.64 bits per heavy atom. The Labute approximate surface area is 131 Å². The van der Waals surface area contributed by atoms with Crippen molar-refractivity contribution in [1.82, 2.24) is 9.55 Å². The van der Waals surface area contributed by atoms with Gasteiger partial charge in [0, 0.05) is 11.9 Å². The van der Waals surface area contributed by atoms with Crippen molar-refractivity contribution in [1.29, 1.82) is 0 Å². The summed E-state index contributed by atoms with van der Waals surface area (Å²) in [7, 11) is 0. The largest absolute Gasteiger partial charge is 0.444 e. The number of hydrogen-bond donors (Lipinski definition) is 2. The molecule has 1 aromatic rings. The van der Waals surface area contributed by atoms with E-state index in [0.717, 1.165) is 0 Å². The number of thioether (sulfide) groups is 1. The standard InChI is InChI=1S/C13H19N3O5S/c1-13(2,3)21-12(19)15-8-4-5-16(11(18)14-8)9-7-22-10(6-17)20-9/h4-5,9-10,17H,6-7H2,1-3H3,(H,14,15,18,19)/t9-,10+/m0/s1. The van der Waals surface area contributed by atoms with E-state index >= 15 is 0 Å². The van der Waals surface area contributed by atoms with Crippen LogP contribution in [0.4, 0.5) is 10.6 Å². The van der Waals surface area contributed by atoms with E-state index in [1.54, 1.807) is 20.8 Å². The lowest BCUT2D eigenvalue weighted by molar-refractivity contribution is -0.00629. The Bertz CT molecular complexity index is 598. The first-order valence-corrected chi connectivity index (χ1v) is 7.80. The molecule has 8 nitrogen and oxygen atoms in total. The first-order valence-electron chi connectivity index (χ1n) is 6.75. The molecule has 2 N–H and O–H groups in total. The molecular formula is C13H19N3O5S. The van der Waals surface area contributed by atoms with Crippen molar-refractivity contribution in [2.24, 2.45) is 0 Å². The van der Waals surface area contributed by atoms with Gasteiger partial charge in [-0.3, -0.25) is 9.88 Å². The van der Waals surface area contributed by atoms with Crippen LogP contribution in [-0.2, 0) is 9.47 Å². The number of hydrogen-bond acceptors (Lipinski definition) is 7. The third kappa shape index (κ3) is 4.46. The molecule has 22 heavy (non-hydrogen) atoms. The number of ether oxygens (including phenoxy) is 2. The molecule has 0 spiro atoms. The Morgan fingerprint density at radius 2 is 2.36 bits per heavy atom. The molecule has 1 aromatic heterocycles. The number of amides is 1. The lowest BCUT2D eigenvalue weighted by atomic mass is 10.2. The Morgan fingerprint density at radius 3 is 2.91 bits per heavy atom. The molecule has 1 saturated heterocycles. The van der Waals surface area contributed by atoms with Gasteiger partial charge in [0.05, 0.1) is 6.61 Å². The zero-order chi connectivity index (χ0) is 16.3. The van der Waals surface area contributed by atoms with Crippen molar-refractivity contribution in [3.8, 4) is 0 Å². The van der Waals surface area contributed by atoms with Crippen LogP contribution in [0.1, 0.15) is 27.0 Å². The third-order valence-electron chi connectivity index (χ3n) is 2.65. The molecule has 0 unspecified atom stereocenters. The van der Waals surface area contributed by atoms with Crippen LogP contribution in [0.5, 0.6) is 0 Å². The molecule has 9 heteroatoms. The fourth-order valence-electron chi connectivity index (χ4n) is 1.79. The van der Waals surface area contributed by atoms with E-state index < -0.39 is 23.6 Å². The molecule has 0 saturated carbocycles. The summed E-state index contributed by atoms with van der Waals surface area (Å²) in [6.07, 6.45) is 0.343. The summed E-state index contributed by atoms with van der Waals surface area (Å²) in [5.74, 6) is 0.658. The van der Waals surface area contributed by atoms with Crippen molar-refractivity contribution in [2.45, 2.75) is 38.0 Å². The minimum atomic E-state index is -0.676. The normalized spacial score (nSPS) is 21.6. The van der Waals surface area contributed by atoms with Crippen molar-refractivity contribution in [2.75, 3.05) is 17.7 Å². The first kappa shape index (κ1) is 16.8. The number of carbonyl (C=O) groups is 1. The monoisotopic (exact) mass is 329 g/mol. The number of anilines is 1. The van der Waals surface area contributed by atoms with E-state index in [1.807, 2.05) is 0 Å². The van der Waals surface area contributed by atoms with Gasteiger partial charge in [0.15, 0.2) is 0 Å². The molecule has 1 amide bonds. The van der Waals surface area contributed by atoms with Gasteiger partial charge in [0.25, 0.3) is 0 Å². The summed E-state index contributed by atoms with van der Waals surface area (Å²) in [4.78, 5) is 27.4. The van der Waals surface area contributed by atoms with Crippen molar-refractivity contribution in [3.05, 3.63) is 22.7 Å². The van der Waals surface area contributed by atoms with Gasteiger partial charge in [-0.05, 0) is 26.8 Å². The lowest BCUT2D eigenvalue weighted by Gasteiger charge is -2.19. The summed E-state index contributed by atoms with van der Waals surface area (Å²) in [6, 6.07) is 1.49. The highest BCUT2D eigenvalue weighted by Crippen LogP contribution is 2.30. The number of aromatic nitrogens is 2. The second-order valence-electron chi connectivity index (χ2n) is 5.67. The molecule has 0 aliphatic carbocycles. The zero-order valence-electron chi connectivity index (χ0n) is 12.6. The second-order valence-corrected chi connectivity index (χ2v) is 6.86. The fraction of sp³-hybridized carbons (Fsp3) is 0.615. The Balaban J connectivity index is 2.04. The van der Waals surface area contributed by atoms with Crippen LogP contribution in [0.3, 0.4) is 0 Å². The van der Waals surface area contributed by atoms with Crippen molar-refractivity contribution in [3.63, 3.8) is 0 Å². The van der Waals surface area contributed by atoms with Crippen LogP contribution in [0.15, 0.2) is 17.1 Å². The van der Waals surface area contributed by atoms with Gasteiger partial charge in [0.1, 0.15) is 23.1 Å². The van der Waals surface area contributed by atoms with E-state index in [1.165, 1.54) is 28.6 Å². The van der Waals surface area contributed by atoms with Gasteiger partial charge in [-0.15, -0.1) is 11.8 Å². The SMILES string of the molecule is CC(C)(C)OC(=O)Nc1ccn([C@@H]2CS[C@H](CO)O2)c(=O)n1. The molecule has 1 aliphatic heterocycles. The number of rotatable bonds is 3. The highest BCUT2D eigenvalue weighted by atomic mass is 32.2. The molecule has 1 aliphatic rings. The molecule has 122 valence electrons. The smallest absolute Gasteiger partial charge is 0.413 e.